The van der Waals surface area contributed by atoms with Crippen LogP contribution in [0.4, 0.5) is 0 Å². The highest BCUT2D eigenvalue weighted by Gasteiger charge is 2.21. The van der Waals surface area contributed by atoms with Crippen molar-refractivity contribution in [1.29, 1.82) is 0 Å². The lowest BCUT2D eigenvalue weighted by Gasteiger charge is -2.13. The molecule has 0 radical (unpaired) electrons. The van der Waals surface area contributed by atoms with Gasteiger partial charge in [0.1, 0.15) is 22.5 Å². The molecule has 1 heterocycles. The number of rotatable bonds is 4. The molecule has 2 rings (SSSR count). The fourth-order valence-corrected chi connectivity index (χ4v) is 2.41. The van der Waals surface area contributed by atoms with Crippen molar-refractivity contribution >= 4 is 11.0 Å². The third-order valence-corrected chi connectivity index (χ3v) is 3.68. The van der Waals surface area contributed by atoms with Crippen LogP contribution < -0.4 is 5.43 Å². The molecule has 1 aromatic carbocycles. The van der Waals surface area contributed by atoms with E-state index in [-0.39, 0.29) is 27.9 Å². The van der Waals surface area contributed by atoms with E-state index in [4.69, 9.17) is 4.42 Å². The second-order valence-corrected chi connectivity index (χ2v) is 6.11. The lowest BCUT2D eigenvalue weighted by atomic mass is 9.97. The van der Waals surface area contributed by atoms with Gasteiger partial charge in [-0.2, -0.15) is 0 Å². The average molecular weight is 314 g/mol. The van der Waals surface area contributed by atoms with Crippen LogP contribution >= 0.6 is 0 Å². The lowest BCUT2D eigenvalue weighted by Crippen LogP contribution is -2.03. The van der Waals surface area contributed by atoms with E-state index in [2.05, 4.69) is 0 Å². The molecular weight excluding hydrogens is 292 g/mol. The summed E-state index contributed by atoms with van der Waals surface area (Å²) >= 11 is 0. The first-order valence-corrected chi connectivity index (χ1v) is 7.56. The molecule has 0 fully saturated rings. The second kappa shape index (κ2) is 6.73. The molecule has 2 N–H and O–H groups in total. The molecule has 2 aromatic rings. The SMILES string of the molecule is CC(C)=CCc1c(O)c(CC=C(C)C)c2occc(=O)c2c1O. The number of benzene rings is 1. The lowest BCUT2D eigenvalue weighted by molar-refractivity contribution is 0.438. The van der Waals surface area contributed by atoms with Crippen molar-refractivity contribution in [2.45, 2.75) is 40.5 Å². The minimum atomic E-state index is -0.319. The fraction of sp³-hybridized carbons (Fsp3) is 0.316. The predicted molar refractivity (Wildman–Crippen MR) is 92.1 cm³/mol. The van der Waals surface area contributed by atoms with E-state index < -0.39 is 0 Å². The summed E-state index contributed by atoms with van der Waals surface area (Å²) in [6.45, 7) is 7.79. The van der Waals surface area contributed by atoms with Gasteiger partial charge in [-0.1, -0.05) is 23.3 Å². The zero-order chi connectivity index (χ0) is 17.1. The summed E-state index contributed by atoms with van der Waals surface area (Å²) in [6.07, 6.45) is 5.91. The minimum absolute atomic E-state index is 0.0145. The van der Waals surface area contributed by atoms with Crippen molar-refractivity contribution in [3.63, 3.8) is 0 Å². The maximum absolute atomic E-state index is 12.2. The number of hydrogen-bond acceptors (Lipinski definition) is 4. The summed E-state index contributed by atoms with van der Waals surface area (Å²) in [5.41, 5.74) is 2.96. The van der Waals surface area contributed by atoms with E-state index in [0.717, 1.165) is 11.1 Å². The highest BCUT2D eigenvalue weighted by molar-refractivity contribution is 5.90. The van der Waals surface area contributed by atoms with Gasteiger partial charge in [-0.05, 0) is 40.5 Å². The number of hydrogen-bond donors (Lipinski definition) is 2. The molecule has 0 saturated carbocycles. The van der Waals surface area contributed by atoms with Gasteiger partial charge in [-0.3, -0.25) is 4.79 Å². The normalized spacial score (nSPS) is 10.6. The van der Waals surface area contributed by atoms with Gasteiger partial charge in [0.2, 0.25) is 0 Å². The Labute approximate surface area is 135 Å². The van der Waals surface area contributed by atoms with Gasteiger partial charge in [0, 0.05) is 17.2 Å². The molecule has 4 nitrogen and oxygen atoms in total. The van der Waals surface area contributed by atoms with Crippen LogP contribution in [-0.2, 0) is 12.8 Å². The van der Waals surface area contributed by atoms with Crippen LogP contribution in [0.2, 0.25) is 0 Å². The Morgan fingerprint density at radius 1 is 1.00 bits per heavy atom. The van der Waals surface area contributed by atoms with E-state index in [9.17, 15) is 15.0 Å². The van der Waals surface area contributed by atoms with Crippen LogP contribution in [0.5, 0.6) is 11.5 Å². The zero-order valence-electron chi connectivity index (χ0n) is 13.9. The van der Waals surface area contributed by atoms with Crippen molar-refractivity contribution in [2.24, 2.45) is 0 Å². The summed E-state index contributed by atoms with van der Waals surface area (Å²) < 4.78 is 5.43. The van der Waals surface area contributed by atoms with Gasteiger partial charge >= 0.3 is 0 Å². The zero-order valence-corrected chi connectivity index (χ0v) is 13.9. The van der Waals surface area contributed by atoms with Gasteiger partial charge in [0.05, 0.1) is 6.26 Å². The van der Waals surface area contributed by atoms with Gasteiger partial charge in [0.15, 0.2) is 5.43 Å². The van der Waals surface area contributed by atoms with E-state index in [1.165, 1.54) is 12.3 Å². The molecule has 0 aliphatic rings. The van der Waals surface area contributed by atoms with Gasteiger partial charge in [0.25, 0.3) is 0 Å². The maximum atomic E-state index is 12.2. The third-order valence-electron chi connectivity index (χ3n) is 3.68. The Balaban J connectivity index is 2.81. The summed E-state index contributed by atoms with van der Waals surface area (Å²) in [7, 11) is 0. The molecule has 0 saturated heterocycles. The fourth-order valence-electron chi connectivity index (χ4n) is 2.41. The molecule has 23 heavy (non-hydrogen) atoms. The van der Waals surface area contributed by atoms with E-state index >= 15 is 0 Å². The molecule has 122 valence electrons. The van der Waals surface area contributed by atoms with Gasteiger partial charge < -0.3 is 14.6 Å². The van der Waals surface area contributed by atoms with Crippen LogP contribution in [0.1, 0.15) is 38.8 Å². The molecule has 0 spiro atoms. The Bertz CT molecular complexity index is 846. The van der Waals surface area contributed by atoms with Crippen molar-refractivity contribution in [1.82, 2.24) is 0 Å². The molecule has 0 bridgehead atoms. The second-order valence-electron chi connectivity index (χ2n) is 6.11. The summed E-state index contributed by atoms with van der Waals surface area (Å²) in [5, 5.41) is 21.2. The first kappa shape index (κ1) is 16.9. The Morgan fingerprint density at radius 2 is 1.57 bits per heavy atom. The smallest absolute Gasteiger partial charge is 0.196 e. The van der Waals surface area contributed by atoms with Crippen molar-refractivity contribution in [2.75, 3.05) is 0 Å². The molecule has 0 amide bonds. The van der Waals surface area contributed by atoms with E-state index in [1.807, 2.05) is 39.8 Å². The molecule has 1 aromatic heterocycles. The van der Waals surface area contributed by atoms with E-state index in [0.29, 0.717) is 24.0 Å². The van der Waals surface area contributed by atoms with Crippen LogP contribution in [0.3, 0.4) is 0 Å². The Morgan fingerprint density at radius 3 is 2.13 bits per heavy atom. The molecule has 0 aliphatic carbocycles. The number of fused-ring (bicyclic) bond motifs is 1. The highest BCUT2D eigenvalue weighted by atomic mass is 16.3. The van der Waals surface area contributed by atoms with Crippen LogP contribution in [0.25, 0.3) is 11.0 Å². The number of phenolic OH excluding ortho intramolecular Hbond substituents is 2. The predicted octanol–water partition coefficient (Wildman–Crippen LogP) is 4.22. The Hall–Kier alpha value is -2.49. The molecular formula is C19H22O4. The van der Waals surface area contributed by atoms with Crippen LogP contribution in [-0.4, -0.2) is 10.2 Å². The van der Waals surface area contributed by atoms with Crippen molar-refractivity contribution in [3.8, 4) is 11.5 Å². The number of allylic oxidation sites excluding steroid dienone is 4. The van der Waals surface area contributed by atoms with Crippen LogP contribution in [0, 0.1) is 0 Å². The first-order valence-electron chi connectivity index (χ1n) is 7.56. The summed E-state index contributed by atoms with van der Waals surface area (Å²) in [4.78, 5) is 12.2. The van der Waals surface area contributed by atoms with E-state index in [1.54, 1.807) is 0 Å². The molecule has 0 unspecified atom stereocenters. The van der Waals surface area contributed by atoms with Crippen molar-refractivity contribution < 1.29 is 14.6 Å². The molecule has 4 heteroatoms. The summed E-state index contributed by atoms with van der Waals surface area (Å²) in [6, 6.07) is 1.27. The maximum Gasteiger partial charge on any atom is 0.196 e. The van der Waals surface area contributed by atoms with Crippen LogP contribution in [0.15, 0.2) is 44.8 Å². The minimum Gasteiger partial charge on any atom is -0.507 e. The van der Waals surface area contributed by atoms with Gasteiger partial charge in [-0.15, -0.1) is 0 Å². The van der Waals surface area contributed by atoms with Crippen molar-refractivity contribution in [3.05, 3.63) is 57.0 Å². The Kier molecular flexibility index (Phi) is 4.94. The third kappa shape index (κ3) is 3.47. The summed E-state index contributed by atoms with van der Waals surface area (Å²) in [5.74, 6) is -0.218. The highest BCUT2D eigenvalue weighted by Crippen LogP contribution is 2.39. The number of phenols is 2. The molecule has 0 aliphatic heterocycles. The number of aromatic hydroxyl groups is 2. The van der Waals surface area contributed by atoms with Gasteiger partial charge in [-0.25, -0.2) is 0 Å². The first-order chi connectivity index (χ1) is 10.8. The molecule has 0 atom stereocenters. The largest absolute Gasteiger partial charge is 0.507 e. The monoisotopic (exact) mass is 314 g/mol. The average Bonchev–Trinajstić information content (AvgIpc) is 2.46. The topological polar surface area (TPSA) is 70.7 Å². The quantitative estimate of drug-likeness (QED) is 0.829. The standard InChI is InChI=1S/C19H22O4/c1-11(2)5-7-13-17(21)14(8-6-12(3)4)19-16(18(13)22)15(20)9-10-23-19/h5-6,9-10,21-22H,7-8H2,1-4H3.